The van der Waals surface area contributed by atoms with Crippen LogP contribution >= 0.6 is 0 Å². The topological polar surface area (TPSA) is 23.0 Å². The van der Waals surface area contributed by atoms with Crippen LogP contribution in [0.3, 0.4) is 0 Å². The Bertz CT molecular complexity index is 3340. The van der Waals surface area contributed by atoms with Gasteiger partial charge in [0, 0.05) is 43.7 Å². The van der Waals surface area contributed by atoms with Gasteiger partial charge in [0.05, 0.1) is 37.1 Å². The van der Waals surface area contributed by atoms with E-state index in [4.69, 9.17) is 11.3 Å². The summed E-state index contributed by atoms with van der Waals surface area (Å²) in [5.41, 5.74) is 2.00. The molecular formula is C42H26N2O. The SMILES string of the molecule is [2H]c1c([2H])c(-c2cccc3oc4ccccc4c23)c([2H])c(-n2c3c([2H])c([2H])c([2H])c([2H])c3c3c([2H])c(-n4c5ccccc5c5ccccc54)c([2H])c([2H])c32)c1[2H]. The molecule has 0 unspecified atom stereocenters. The summed E-state index contributed by atoms with van der Waals surface area (Å²) >= 11 is 0. The van der Waals surface area contributed by atoms with Gasteiger partial charge in [-0.1, -0.05) is 96.9 Å². The van der Waals surface area contributed by atoms with Gasteiger partial charge in [0.2, 0.25) is 0 Å². The zero-order valence-electron chi connectivity index (χ0n) is 34.5. The van der Waals surface area contributed by atoms with Crippen molar-refractivity contribution in [3.05, 3.63) is 157 Å². The minimum atomic E-state index is -0.616. The molecule has 3 heteroatoms. The number of fused-ring (bicyclic) bond motifs is 9. The van der Waals surface area contributed by atoms with Crippen molar-refractivity contribution in [2.24, 2.45) is 0 Å². The number of rotatable bonds is 3. The summed E-state index contributed by atoms with van der Waals surface area (Å²) in [7, 11) is 0. The monoisotopic (exact) mass is 585 g/mol. The summed E-state index contributed by atoms with van der Waals surface area (Å²) in [4.78, 5) is 0. The molecule has 210 valence electrons. The molecule has 0 saturated heterocycles. The van der Waals surface area contributed by atoms with Crippen LogP contribution in [-0.4, -0.2) is 9.13 Å². The number of para-hydroxylation sites is 4. The molecule has 0 spiro atoms. The average Bonchev–Trinajstić information content (AvgIpc) is 3.87. The van der Waals surface area contributed by atoms with E-state index in [-0.39, 0.29) is 50.8 Å². The van der Waals surface area contributed by atoms with Crippen molar-refractivity contribution < 1.29 is 19.5 Å². The lowest BCUT2D eigenvalue weighted by Crippen LogP contribution is -1.96. The van der Waals surface area contributed by atoms with E-state index in [0.29, 0.717) is 38.5 Å². The molecule has 0 aliphatic rings. The fraction of sp³-hybridized carbons (Fsp3) is 0. The first-order valence-corrected chi connectivity index (χ1v) is 14.5. The quantitative estimate of drug-likeness (QED) is 0.202. The number of hydrogen-bond donors (Lipinski definition) is 0. The van der Waals surface area contributed by atoms with Crippen LogP contribution in [0.25, 0.3) is 88.1 Å². The Balaban J connectivity index is 1.41. The van der Waals surface area contributed by atoms with Gasteiger partial charge in [0.1, 0.15) is 11.2 Å². The van der Waals surface area contributed by atoms with Crippen LogP contribution in [0, 0.1) is 0 Å². The standard InChI is InChI=1S/C42H26N2O/c1-5-18-36-31(13-1)32-14-2-6-19-37(32)44(36)29-23-24-39-35(26-29)33-15-3-7-20-38(33)43(39)28-12-9-11-27(25-28)30-17-10-22-41-42(30)34-16-4-8-21-40(34)45-41/h1-26H/i3D,7D,9D,11D,12D,15D,20D,23D,24D,25D,26D. The van der Waals surface area contributed by atoms with E-state index in [0.717, 1.165) is 15.3 Å². The molecule has 0 aliphatic heterocycles. The zero-order chi connectivity index (χ0) is 39.1. The van der Waals surface area contributed by atoms with Gasteiger partial charge in [-0.2, -0.15) is 0 Å². The van der Waals surface area contributed by atoms with Gasteiger partial charge < -0.3 is 13.6 Å². The maximum atomic E-state index is 9.80. The molecule has 0 amide bonds. The Morgan fingerprint density at radius 1 is 0.444 bits per heavy atom. The molecule has 10 rings (SSSR count). The molecule has 45 heavy (non-hydrogen) atoms. The van der Waals surface area contributed by atoms with E-state index in [1.54, 1.807) is 28.8 Å². The molecule has 0 bridgehead atoms. The molecule has 10 aromatic rings. The largest absolute Gasteiger partial charge is 0.456 e. The molecule has 0 N–H and O–H groups in total. The van der Waals surface area contributed by atoms with Crippen molar-refractivity contribution in [1.29, 1.82) is 0 Å². The summed E-state index contributed by atoms with van der Waals surface area (Å²) in [5, 5.41) is 2.78. The summed E-state index contributed by atoms with van der Waals surface area (Å²) in [5.74, 6) is 0. The summed E-state index contributed by atoms with van der Waals surface area (Å²) in [6, 6.07) is 22.0. The number of hydrogen-bond acceptors (Lipinski definition) is 1. The molecule has 0 radical (unpaired) electrons. The molecular weight excluding hydrogens is 548 g/mol. The average molecular weight is 586 g/mol. The van der Waals surface area contributed by atoms with Crippen molar-refractivity contribution in [1.82, 2.24) is 9.13 Å². The predicted molar refractivity (Wildman–Crippen MR) is 188 cm³/mol. The normalized spacial score (nSPS) is 15.4. The van der Waals surface area contributed by atoms with Crippen LogP contribution in [0.5, 0.6) is 0 Å². The first-order valence-electron chi connectivity index (χ1n) is 20.0. The van der Waals surface area contributed by atoms with Gasteiger partial charge in [-0.15, -0.1) is 0 Å². The summed E-state index contributed by atoms with van der Waals surface area (Å²) in [6.07, 6.45) is 0. The third-order valence-electron chi connectivity index (χ3n) is 8.46. The molecule has 0 atom stereocenters. The van der Waals surface area contributed by atoms with Crippen LogP contribution in [0.1, 0.15) is 15.1 Å². The maximum absolute atomic E-state index is 9.80. The van der Waals surface area contributed by atoms with Crippen LogP contribution < -0.4 is 0 Å². The van der Waals surface area contributed by atoms with Crippen molar-refractivity contribution >= 4 is 65.6 Å². The zero-order valence-corrected chi connectivity index (χ0v) is 23.5. The molecule has 7 aromatic carbocycles. The highest BCUT2D eigenvalue weighted by Gasteiger charge is 2.17. The van der Waals surface area contributed by atoms with Crippen molar-refractivity contribution in [2.45, 2.75) is 0 Å². The second kappa shape index (κ2) is 9.22. The Morgan fingerprint density at radius 3 is 1.96 bits per heavy atom. The Morgan fingerprint density at radius 2 is 1.11 bits per heavy atom. The molecule has 3 nitrogen and oxygen atoms in total. The van der Waals surface area contributed by atoms with Crippen LogP contribution in [0.4, 0.5) is 0 Å². The van der Waals surface area contributed by atoms with Crippen molar-refractivity contribution in [2.75, 3.05) is 0 Å². The smallest absolute Gasteiger partial charge is 0.136 e. The number of furan rings is 1. The molecule has 0 aliphatic carbocycles. The highest BCUT2D eigenvalue weighted by atomic mass is 16.3. The van der Waals surface area contributed by atoms with Crippen molar-refractivity contribution in [3.63, 3.8) is 0 Å². The second-order valence-corrected chi connectivity index (χ2v) is 10.9. The molecule has 3 aromatic heterocycles. The van der Waals surface area contributed by atoms with Crippen LogP contribution in [-0.2, 0) is 0 Å². The molecule has 3 heterocycles. The Hall–Kier alpha value is -6.06. The number of aromatic nitrogens is 2. The minimum absolute atomic E-state index is 0.0189. The van der Waals surface area contributed by atoms with E-state index in [2.05, 4.69) is 0 Å². The number of nitrogens with zero attached hydrogens (tertiary/aromatic N) is 2. The third kappa shape index (κ3) is 3.46. The Labute approximate surface area is 274 Å². The van der Waals surface area contributed by atoms with E-state index >= 15 is 0 Å². The lowest BCUT2D eigenvalue weighted by atomic mass is 9.99. The maximum Gasteiger partial charge on any atom is 0.136 e. The number of benzene rings is 7. The molecule has 0 fully saturated rings. The lowest BCUT2D eigenvalue weighted by molar-refractivity contribution is 0.669. The van der Waals surface area contributed by atoms with Crippen LogP contribution in [0.2, 0.25) is 0 Å². The summed E-state index contributed by atoms with van der Waals surface area (Å²) < 4.78 is 111. The van der Waals surface area contributed by atoms with E-state index in [1.807, 2.05) is 66.7 Å². The fourth-order valence-electron chi connectivity index (χ4n) is 6.57. The third-order valence-corrected chi connectivity index (χ3v) is 8.46. The van der Waals surface area contributed by atoms with E-state index in [1.165, 1.54) is 0 Å². The van der Waals surface area contributed by atoms with Gasteiger partial charge in [0.25, 0.3) is 0 Å². The van der Waals surface area contributed by atoms with Gasteiger partial charge in [0.15, 0.2) is 0 Å². The predicted octanol–water partition coefficient (Wildman–Crippen LogP) is 11.4. The Kier molecular flexibility index (Phi) is 3.31. The fourth-order valence-corrected chi connectivity index (χ4v) is 6.57. The van der Waals surface area contributed by atoms with Gasteiger partial charge >= 0.3 is 0 Å². The van der Waals surface area contributed by atoms with E-state index in [9.17, 15) is 8.22 Å². The lowest BCUT2D eigenvalue weighted by Gasteiger charge is -2.12. The molecule has 0 saturated carbocycles. The first kappa shape index (κ1) is 16.1. The van der Waals surface area contributed by atoms with E-state index < -0.39 is 54.4 Å². The second-order valence-electron chi connectivity index (χ2n) is 10.9. The van der Waals surface area contributed by atoms with Gasteiger partial charge in [-0.25, -0.2) is 0 Å². The first-order chi connectivity index (χ1) is 26.9. The van der Waals surface area contributed by atoms with Crippen molar-refractivity contribution in [3.8, 4) is 22.5 Å². The minimum Gasteiger partial charge on any atom is -0.456 e. The highest BCUT2D eigenvalue weighted by Crippen LogP contribution is 2.40. The van der Waals surface area contributed by atoms with Gasteiger partial charge in [-0.05, 0) is 71.6 Å². The van der Waals surface area contributed by atoms with Gasteiger partial charge in [-0.3, -0.25) is 0 Å². The van der Waals surface area contributed by atoms with Crippen LogP contribution in [0.15, 0.2) is 162 Å². The summed E-state index contributed by atoms with van der Waals surface area (Å²) in [6.45, 7) is 0. The highest BCUT2D eigenvalue weighted by molar-refractivity contribution is 6.14.